The van der Waals surface area contributed by atoms with Gasteiger partial charge in [0.05, 0.1) is 12.7 Å². The third kappa shape index (κ3) is 3.02. The van der Waals surface area contributed by atoms with Gasteiger partial charge in [0.1, 0.15) is 6.07 Å². The smallest absolute Gasteiger partial charge is 0.407 e. The highest BCUT2D eigenvalue weighted by Gasteiger charge is 2.72. The molecule has 0 heterocycles. The van der Waals surface area contributed by atoms with Gasteiger partial charge in [0.2, 0.25) is 0 Å². The summed E-state index contributed by atoms with van der Waals surface area (Å²) in [7, 11) is 1.41. The summed E-state index contributed by atoms with van der Waals surface area (Å²) < 4.78 is 5.06. The van der Waals surface area contributed by atoms with E-state index in [1.54, 1.807) is 0 Å². The van der Waals surface area contributed by atoms with Gasteiger partial charge in [0, 0.05) is 22.3 Å². The van der Waals surface area contributed by atoms with Crippen LogP contribution in [0.4, 0.5) is 4.79 Å². The van der Waals surface area contributed by atoms with E-state index >= 15 is 0 Å². The summed E-state index contributed by atoms with van der Waals surface area (Å²) in [6.45, 7) is 11.4. The van der Waals surface area contributed by atoms with Crippen molar-refractivity contribution >= 4 is 17.7 Å². The van der Waals surface area contributed by atoms with Crippen LogP contribution in [0.25, 0.3) is 0 Å². The van der Waals surface area contributed by atoms with Gasteiger partial charge in [0.15, 0.2) is 11.6 Å². The van der Waals surface area contributed by atoms with Crippen LogP contribution < -0.4 is 5.32 Å². The monoisotopic (exact) mass is 518 g/mol. The van der Waals surface area contributed by atoms with E-state index < -0.39 is 22.5 Å². The second-order valence-corrected chi connectivity index (χ2v) is 15.0. The number of nitrogens with zero attached hydrogens (tertiary/aromatic N) is 1. The number of ether oxygens (including phenoxy) is 1. The number of ketones is 2. The number of alkyl carbamates (subject to hydrolysis) is 1. The zero-order valence-electron chi connectivity index (χ0n) is 23.8. The minimum absolute atomic E-state index is 0.0265. The lowest BCUT2D eigenvalue weighted by molar-refractivity contribution is -0.159. The topological polar surface area (TPSA) is 96.3 Å². The Balaban J connectivity index is 1.50. The highest BCUT2D eigenvalue weighted by molar-refractivity contribution is 6.06. The zero-order valence-corrected chi connectivity index (χ0v) is 23.8. The Morgan fingerprint density at radius 3 is 2.34 bits per heavy atom. The molecule has 1 N–H and O–H groups in total. The quantitative estimate of drug-likeness (QED) is 0.455. The van der Waals surface area contributed by atoms with Gasteiger partial charge in [-0.05, 0) is 91.9 Å². The summed E-state index contributed by atoms with van der Waals surface area (Å²) in [5, 5.41) is 13.2. The molecule has 0 radical (unpaired) electrons. The number of hydrogen-bond acceptors (Lipinski definition) is 5. The molecule has 1 spiro atoms. The second-order valence-electron chi connectivity index (χ2n) is 15.0. The van der Waals surface area contributed by atoms with E-state index in [1.165, 1.54) is 7.11 Å². The molecule has 0 aromatic heterocycles. The number of carbonyl (C=O) groups is 3. The standard InChI is InChI=1S/C32H42N2O4/c1-27(2)9-13-32(34-26(37)38-6)14-10-30(5)24(20(32)17-27)21(35)15-23-28(3)16-19(18-33)25(36)31(11-12-31)22(28)7-8-29(23,30)4/h15-16,20,22,24H,7-14,17H2,1-6H3,(H,34,37)/t20-,22+,24-,28-,29+,30+,32-/m0/s1. The number of fused-ring (bicyclic) bond motifs is 8. The van der Waals surface area contributed by atoms with Gasteiger partial charge in [-0.3, -0.25) is 9.59 Å². The highest BCUT2D eigenvalue weighted by atomic mass is 16.5. The Morgan fingerprint density at radius 1 is 1.03 bits per heavy atom. The fourth-order valence-electron chi connectivity index (χ4n) is 10.5. The molecule has 6 aliphatic carbocycles. The van der Waals surface area contributed by atoms with Crippen molar-refractivity contribution < 1.29 is 19.1 Å². The number of amides is 1. The van der Waals surface area contributed by atoms with E-state index in [9.17, 15) is 19.6 Å². The Labute approximate surface area is 226 Å². The molecule has 0 saturated heterocycles. The van der Waals surface area contributed by atoms with E-state index in [2.05, 4.69) is 46.0 Å². The summed E-state index contributed by atoms with van der Waals surface area (Å²) in [6.07, 6.45) is 11.4. The Morgan fingerprint density at radius 2 is 1.71 bits per heavy atom. The third-order valence-corrected chi connectivity index (χ3v) is 12.8. The van der Waals surface area contributed by atoms with Gasteiger partial charge in [-0.1, -0.05) is 46.3 Å². The maximum Gasteiger partial charge on any atom is 0.407 e. The molecule has 4 fully saturated rings. The summed E-state index contributed by atoms with van der Waals surface area (Å²) in [5.41, 5.74) is -0.331. The van der Waals surface area contributed by atoms with Gasteiger partial charge in [-0.2, -0.15) is 5.26 Å². The lowest BCUT2D eigenvalue weighted by Crippen LogP contribution is -2.69. The van der Waals surface area contributed by atoms with Crippen molar-refractivity contribution in [3.8, 4) is 6.07 Å². The molecule has 0 aromatic carbocycles. The van der Waals surface area contributed by atoms with Crippen LogP contribution in [0.3, 0.4) is 0 Å². The fraction of sp³-hybridized carbons (Fsp3) is 0.750. The van der Waals surface area contributed by atoms with E-state index in [-0.39, 0.29) is 51.1 Å². The highest BCUT2D eigenvalue weighted by Crippen LogP contribution is 2.76. The molecule has 6 nitrogen and oxygen atoms in total. The van der Waals surface area contributed by atoms with E-state index in [4.69, 9.17) is 4.74 Å². The molecule has 38 heavy (non-hydrogen) atoms. The van der Waals surface area contributed by atoms with E-state index in [0.717, 1.165) is 63.4 Å². The van der Waals surface area contributed by atoms with Crippen molar-refractivity contribution in [1.82, 2.24) is 5.32 Å². The molecular weight excluding hydrogens is 476 g/mol. The first-order valence-corrected chi connectivity index (χ1v) is 14.5. The van der Waals surface area contributed by atoms with Gasteiger partial charge in [0.25, 0.3) is 0 Å². The van der Waals surface area contributed by atoms with Crippen LogP contribution in [-0.2, 0) is 14.3 Å². The molecule has 0 bridgehead atoms. The van der Waals surface area contributed by atoms with Crippen LogP contribution in [0.15, 0.2) is 23.3 Å². The lowest BCUT2D eigenvalue weighted by Gasteiger charge is -2.68. The minimum atomic E-state index is -0.475. The van der Waals surface area contributed by atoms with Crippen LogP contribution in [0, 0.1) is 56.2 Å². The van der Waals surface area contributed by atoms with E-state index in [0.29, 0.717) is 0 Å². The third-order valence-electron chi connectivity index (χ3n) is 12.8. The number of nitriles is 1. The van der Waals surface area contributed by atoms with Crippen LogP contribution in [-0.4, -0.2) is 30.3 Å². The predicted molar refractivity (Wildman–Crippen MR) is 143 cm³/mol. The average Bonchev–Trinajstić information content (AvgIpc) is 3.65. The summed E-state index contributed by atoms with van der Waals surface area (Å²) in [5.74, 6) is 0.169. The van der Waals surface area contributed by atoms with Crippen molar-refractivity contribution in [3.05, 3.63) is 23.3 Å². The molecule has 6 aliphatic rings. The van der Waals surface area contributed by atoms with Crippen molar-refractivity contribution in [1.29, 1.82) is 5.26 Å². The number of nitrogens with one attached hydrogen (secondary N) is 1. The van der Waals surface area contributed by atoms with Crippen molar-refractivity contribution in [2.45, 2.75) is 97.9 Å². The van der Waals surface area contributed by atoms with Gasteiger partial charge in [-0.15, -0.1) is 0 Å². The Kier molecular flexibility index (Phi) is 5.17. The number of allylic oxidation sites excluding steroid dienone is 4. The zero-order chi connectivity index (χ0) is 27.5. The minimum Gasteiger partial charge on any atom is -0.453 e. The largest absolute Gasteiger partial charge is 0.453 e. The molecule has 6 rings (SSSR count). The fourth-order valence-corrected chi connectivity index (χ4v) is 10.5. The number of hydrogen-bond donors (Lipinski definition) is 1. The Hall–Kier alpha value is -2.42. The normalized spacial score (nSPS) is 45.8. The number of Topliss-reactive ketones (excluding diaryl/α,β-unsaturated/α-hetero) is 1. The van der Waals surface area contributed by atoms with Gasteiger partial charge in [-0.25, -0.2) is 4.79 Å². The molecule has 0 aliphatic heterocycles. The summed E-state index contributed by atoms with van der Waals surface area (Å²) in [6, 6.07) is 2.21. The van der Waals surface area contributed by atoms with Crippen LogP contribution in [0.5, 0.6) is 0 Å². The number of carbonyl (C=O) groups excluding carboxylic acids is 3. The summed E-state index contributed by atoms with van der Waals surface area (Å²) >= 11 is 0. The average molecular weight is 519 g/mol. The molecule has 1 amide bonds. The molecule has 0 aromatic rings. The molecule has 204 valence electrons. The predicted octanol–water partition coefficient (Wildman–Crippen LogP) is 6.07. The van der Waals surface area contributed by atoms with Gasteiger partial charge < -0.3 is 10.1 Å². The van der Waals surface area contributed by atoms with Crippen LogP contribution in [0.2, 0.25) is 0 Å². The molecule has 4 saturated carbocycles. The Bertz CT molecular complexity index is 1250. The first kappa shape index (κ1) is 25.8. The molecule has 7 atom stereocenters. The first-order chi connectivity index (χ1) is 17.7. The molecular formula is C32H42N2O4. The number of rotatable bonds is 1. The van der Waals surface area contributed by atoms with Crippen molar-refractivity contribution in [2.75, 3.05) is 7.11 Å². The number of methoxy groups -OCH3 is 1. The van der Waals surface area contributed by atoms with Crippen LogP contribution in [0.1, 0.15) is 92.4 Å². The first-order valence-electron chi connectivity index (χ1n) is 14.5. The van der Waals surface area contributed by atoms with Crippen molar-refractivity contribution in [2.24, 2.45) is 44.8 Å². The van der Waals surface area contributed by atoms with Gasteiger partial charge >= 0.3 is 6.09 Å². The SMILES string of the molecule is COC(=O)N[C@]12CCC(C)(C)C[C@H]1[C@H]1C(=O)C=C3[C@@]4(C)C=C(C#N)C(=O)C5(CC5)[C@@H]4CC[C@@]3(C)[C@]1(C)CC2. The lowest BCUT2D eigenvalue weighted by atomic mass is 9.35. The molecule has 0 unspecified atom stereocenters. The molecule has 6 heteroatoms. The van der Waals surface area contributed by atoms with Crippen molar-refractivity contribution in [3.63, 3.8) is 0 Å². The maximum atomic E-state index is 14.4. The van der Waals surface area contributed by atoms with E-state index in [1.807, 2.05) is 12.2 Å². The maximum absolute atomic E-state index is 14.4. The van der Waals surface area contributed by atoms with Crippen LogP contribution >= 0.6 is 0 Å². The second kappa shape index (κ2) is 7.61. The summed E-state index contributed by atoms with van der Waals surface area (Å²) in [4.78, 5) is 40.3.